The van der Waals surface area contributed by atoms with Crippen molar-refractivity contribution in [3.05, 3.63) is 18.3 Å². The van der Waals surface area contributed by atoms with E-state index < -0.39 is 0 Å². The van der Waals surface area contributed by atoms with Gasteiger partial charge in [0.15, 0.2) is 0 Å². The fraction of sp³-hybridized carbons (Fsp3) is 0.500. The van der Waals surface area contributed by atoms with Gasteiger partial charge in [-0.3, -0.25) is 0 Å². The van der Waals surface area contributed by atoms with E-state index in [1.54, 1.807) is 6.20 Å². The number of halogens is 1. The number of pyridine rings is 1. The Labute approximate surface area is 103 Å². The maximum atomic E-state index is 9.52. The summed E-state index contributed by atoms with van der Waals surface area (Å²) in [6.45, 7) is 0.875. The van der Waals surface area contributed by atoms with Crippen LogP contribution in [0.3, 0.4) is 0 Å². The third-order valence-corrected chi connectivity index (χ3v) is 3.79. The molecule has 1 aromatic heterocycles. The highest BCUT2D eigenvalue weighted by molar-refractivity contribution is 14.1. The fourth-order valence-corrected chi connectivity index (χ4v) is 2.94. The first-order chi connectivity index (χ1) is 7.16. The lowest BCUT2D eigenvalue weighted by Gasteiger charge is -2.36. The van der Waals surface area contributed by atoms with Crippen molar-refractivity contribution < 1.29 is 5.11 Å². The van der Waals surface area contributed by atoms with Crippen LogP contribution in [0.2, 0.25) is 0 Å². The van der Waals surface area contributed by atoms with Crippen LogP contribution in [-0.2, 0) is 0 Å². The summed E-state index contributed by atoms with van der Waals surface area (Å²) < 4.78 is 0.330. The first kappa shape index (κ1) is 10.9. The first-order valence-corrected chi connectivity index (χ1v) is 6.21. The van der Waals surface area contributed by atoms with E-state index in [2.05, 4.69) is 32.5 Å². The molecule has 5 heteroatoms. The standard InChI is InChI=1S/C10H14IN3O/c11-9-5-8(15)3-4-14(9)7-1-2-10(12)13-6-7/h1-2,6,8-9,15H,3-5H2,(H2,12,13). The minimum atomic E-state index is -0.162. The molecule has 0 aromatic carbocycles. The van der Waals surface area contributed by atoms with Crippen LogP contribution in [0.4, 0.5) is 11.5 Å². The molecule has 2 rings (SSSR count). The van der Waals surface area contributed by atoms with Gasteiger partial charge in [0.05, 0.1) is 22.0 Å². The molecule has 15 heavy (non-hydrogen) atoms. The molecule has 0 bridgehead atoms. The molecular formula is C10H14IN3O. The Balaban J connectivity index is 2.13. The van der Waals surface area contributed by atoms with Gasteiger partial charge < -0.3 is 15.7 Å². The smallest absolute Gasteiger partial charge is 0.123 e. The maximum Gasteiger partial charge on any atom is 0.123 e. The average molecular weight is 319 g/mol. The zero-order chi connectivity index (χ0) is 10.8. The van der Waals surface area contributed by atoms with Gasteiger partial charge in [0.2, 0.25) is 0 Å². The number of alkyl halides is 1. The highest BCUT2D eigenvalue weighted by atomic mass is 127. The van der Waals surface area contributed by atoms with Crippen molar-refractivity contribution in [1.29, 1.82) is 0 Å². The second kappa shape index (κ2) is 4.52. The Hall–Kier alpha value is -0.560. The summed E-state index contributed by atoms with van der Waals surface area (Å²) >= 11 is 2.35. The molecule has 2 heterocycles. The molecule has 1 fully saturated rings. The molecule has 82 valence electrons. The summed E-state index contributed by atoms with van der Waals surface area (Å²) in [7, 11) is 0. The Kier molecular flexibility index (Phi) is 3.30. The van der Waals surface area contributed by atoms with Crippen molar-refractivity contribution in [2.24, 2.45) is 0 Å². The fourth-order valence-electron chi connectivity index (χ4n) is 1.76. The van der Waals surface area contributed by atoms with Gasteiger partial charge in [-0.25, -0.2) is 4.98 Å². The predicted octanol–water partition coefficient (Wildman–Crippen LogP) is 1.39. The summed E-state index contributed by atoms with van der Waals surface area (Å²) in [6, 6.07) is 3.79. The van der Waals surface area contributed by atoms with Crippen molar-refractivity contribution in [2.75, 3.05) is 17.2 Å². The summed E-state index contributed by atoms with van der Waals surface area (Å²) in [6.07, 6.45) is 3.26. The monoisotopic (exact) mass is 319 g/mol. The van der Waals surface area contributed by atoms with Crippen LogP contribution in [0.25, 0.3) is 0 Å². The van der Waals surface area contributed by atoms with Crippen LogP contribution in [0.1, 0.15) is 12.8 Å². The Morgan fingerprint density at radius 3 is 2.93 bits per heavy atom. The lowest BCUT2D eigenvalue weighted by Crippen LogP contribution is -2.41. The van der Waals surface area contributed by atoms with Gasteiger partial charge in [0.25, 0.3) is 0 Å². The van der Waals surface area contributed by atoms with Gasteiger partial charge in [-0.05, 0) is 18.6 Å². The molecule has 0 radical (unpaired) electrons. The Morgan fingerprint density at radius 2 is 2.33 bits per heavy atom. The van der Waals surface area contributed by atoms with E-state index >= 15 is 0 Å². The summed E-state index contributed by atoms with van der Waals surface area (Å²) in [5.41, 5.74) is 6.62. The van der Waals surface area contributed by atoms with Crippen LogP contribution in [0.15, 0.2) is 18.3 Å². The van der Waals surface area contributed by atoms with Crippen LogP contribution in [0, 0.1) is 0 Å². The molecule has 1 aliphatic rings. The van der Waals surface area contributed by atoms with E-state index in [0.717, 1.165) is 25.1 Å². The number of aliphatic hydroxyl groups excluding tert-OH is 1. The van der Waals surface area contributed by atoms with E-state index in [1.807, 2.05) is 12.1 Å². The van der Waals surface area contributed by atoms with Crippen LogP contribution < -0.4 is 10.6 Å². The lowest BCUT2D eigenvalue weighted by atomic mass is 10.1. The normalized spacial score (nSPS) is 26.7. The highest BCUT2D eigenvalue weighted by Gasteiger charge is 2.25. The molecule has 1 aliphatic heterocycles. The Bertz CT molecular complexity index is 330. The first-order valence-electron chi connectivity index (χ1n) is 4.97. The molecule has 0 aliphatic carbocycles. The van der Waals surface area contributed by atoms with Crippen LogP contribution in [-0.4, -0.2) is 26.8 Å². The topological polar surface area (TPSA) is 62.4 Å². The maximum absolute atomic E-state index is 9.52. The second-order valence-corrected chi connectivity index (χ2v) is 5.19. The van der Waals surface area contributed by atoms with E-state index in [9.17, 15) is 5.11 Å². The molecule has 0 saturated carbocycles. The largest absolute Gasteiger partial charge is 0.393 e. The van der Waals surface area contributed by atoms with E-state index in [1.165, 1.54) is 0 Å². The molecule has 1 saturated heterocycles. The van der Waals surface area contributed by atoms with Crippen LogP contribution >= 0.6 is 22.6 Å². The van der Waals surface area contributed by atoms with E-state index in [4.69, 9.17) is 5.73 Å². The molecule has 0 amide bonds. The van der Waals surface area contributed by atoms with E-state index in [0.29, 0.717) is 9.87 Å². The third-order valence-electron chi connectivity index (χ3n) is 2.61. The highest BCUT2D eigenvalue weighted by Crippen LogP contribution is 2.28. The second-order valence-electron chi connectivity index (χ2n) is 3.75. The number of aliphatic hydroxyl groups is 1. The number of rotatable bonds is 1. The molecule has 3 N–H and O–H groups in total. The van der Waals surface area contributed by atoms with Gasteiger partial charge in [-0.15, -0.1) is 0 Å². The molecule has 2 atom stereocenters. The average Bonchev–Trinajstić information content (AvgIpc) is 2.20. The number of aromatic nitrogens is 1. The van der Waals surface area contributed by atoms with Crippen molar-refractivity contribution in [3.63, 3.8) is 0 Å². The van der Waals surface area contributed by atoms with Crippen molar-refractivity contribution in [3.8, 4) is 0 Å². The SMILES string of the molecule is Nc1ccc(N2CCC(O)CC2I)cn1. The molecule has 4 nitrogen and oxygen atoms in total. The van der Waals surface area contributed by atoms with Crippen LogP contribution in [0.5, 0.6) is 0 Å². The number of hydrogen-bond donors (Lipinski definition) is 2. The lowest BCUT2D eigenvalue weighted by molar-refractivity contribution is 0.143. The number of nitrogens with zero attached hydrogens (tertiary/aromatic N) is 2. The number of nitrogen functional groups attached to an aromatic ring is 1. The number of piperidine rings is 1. The molecular weight excluding hydrogens is 305 g/mol. The van der Waals surface area contributed by atoms with Crippen molar-refractivity contribution >= 4 is 34.1 Å². The van der Waals surface area contributed by atoms with Gasteiger partial charge in [0.1, 0.15) is 5.82 Å². The zero-order valence-corrected chi connectivity index (χ0v) is 10.5. The molecule has 2 unspecified atom stereocenters. The van der Waals surface area contributed by atoms with Gasteiger partial charge in [-0.1, -0.05) is 22.6 Å². The number of nitrogens with two attached hydrogens (primary N) is 1. The third kappa shape index (κ3) is 2.52. The summed E-state index contributed by atoms with van der Waals surface area (Å²) in [5, 5.41) is 9.52. The van der Waals surface area contributed by atoms with Gasteiger partial charge in [0, 0.05) is 13.0 Å². The zero-order valence-electron chi connectivity index (χ0n) is 8.31. The predicted molar refractivity (Wildman–Crippen MR) is 69.0 cm³/mol. The van der Waals surface area contributed by atoms with E-state index in [-0.39, 0.29) is 6.10 Å². The van der Waals surface area contributed by atoms with Crippen molar-refractivity contribution in [2.45, 2.75) is 23.0 Å². The quantitative estimate of drug-likeness (QED) is 0.466. The van der Waals surface area contributed by atoms with Gasteiger partial charge in [-0.2, -0.15) is 0 Å². The minimum absolute atomic E-state index is 0.162. The Morgan fingerprint density at radius 1 is 1.53 bits per heavy atom. The van der Waals surface area contributed by atoms with Gasteiger partial charge >= 0.3 is 0 Å². The molecule has 1 aromatic rings. The number of hydrogen-bond acceptors (Lipinski definition) is 4. The minimum Gasteiger partial charge on any atom is -0.393 e. The number of anilines is 2. The summed E-state index contributed by atoms with van der Waals surface area (Å²) in [4.78, 5) is 6.33. The molecule has 0 spiro atoms. The summed E-state index contributed by atoms with van der Waals surface area (Å²) in [5.74, 6) is 0.542. The van der Waals surface area contributed by atoms with Crippen molar-refractivity contribution in [1.82, 2.24) is 4.98 Å².